The van der Waals surface area contributed by atoms with Gasteiger partial charge in [-0.15, -0.1) is 0 Å². The molecule has 2 aromatic rings. The van der Waals surface area contributed by atoms with Gasteiger partial charge in [0, 0.05) is 6.54 Å². The monoisotopic (exact) mass is 367 g/mol. The molecule has 0 saturated carbocycles. The second-order valence-corrected chi connectivity index (χ2v) is 5.78. The molecule has 0 aliphatic carbocycles. The molecule has 0 radical (unpaired) electrons. The summed E-state index contributed by atoms with van der Waals surface area (Å²) in [7, 11) is 1.51. The Morgan fingerprint density at radius 2 is 1.87 bits per heavy atom. The summed E-state index contributed by atoms with van der Waals surface area (Å²) >= 11 is 17.3. The van der Waals surface area contributed by atoms with Crippen LogP contribution in [-0.2, 0) is 6.54 Å². The Balaban J connectivity index is 1.87. The largest absolute Gasteiger partial charge is 0.494 e. The topological polar surface area (TPSA) is 45.6 Å². The fourth-order valence-corrected chi connectivity index (χ4v) is 2.62. The zero-order valence-electron chi connectivity index (χ0n) is 12.3. The van der Waals surface area contributed by atoms with Crippen molar-refractivity contribution in [2.45, 2.75) is 6.54 Å². The number of nitrogens with zero attached hydrogens (tertiary/aromatic N) is 1. The third-order valence-corrected chi connectivity index (χ3v) is 3.70. The molecular formula is C16H15Cl2N3OS. The van der Waals surface area contributed by atoms with Gasteiger partial charge in [0.25, 0.3) is 0 Å². The smallest absolute Gasteiger partial charge is 0.187 e. The predicted octanol–water partition coefficient (Wildman–Crippen LogP) is 4.00. The maximum atomic E-state index is 6.06. The van der Waals surface area contributed by atoms with Crippen molar-refractivity contribution < 1.29 is 4.74 Å². The number of hydrogen-bond donors (Lipinski definition) is 2. The van der Waals surface area contributed by atoms with Gasteiger partial charge in [-0.1, -0.05) is 53.5 Å². The molecule has 0 aliphatic rings. The van der Waals surface area contributed by atoms with E-state index in [0.29, 0.717) is 27.5 Å². The minimum atomic E-state index is 0.422. The van der Waals surface area contributed by atoms with Crippen molar-refractivity contribution in [3.63, 3.8) is 0 Å². The Morgan fingerprint density at radius 1 is 1.22 bits per heavy atom. The number of thiocarbonyl (C=S) groups is 1. The molecule has 0 aromatic heterocycles. The third-order valence-electron chi connectivity index (χ3n) is 2.90. The summed E-state index contributed by atoms with van der Waals surface area (Å²) in [6, 6.07) is 13.4. The van der Waals surface area contributed by atoms with Gasteiger partial charge in [0.05, 0.1) is 23.4 Å². The van der Waals surface area contributed by atoms with Crippen LogP contribution < -0.4 is 15.5 Å². The molecule has 0 atom stereocenters. The quantitative estimate of drug-likeness (QED) is 0.476. The summed E-state index contributed by atoms with van der Waals surface area (Å²) in [4.78, 5) is 0. The molecule has 2 aromatic carbocycles. The number of ether oxygens (including phenoxy) is 1. The van der Waals surface area contributed by atoms with Gasteiger partial charge in [-0.25, -0.2) is 0 Å². The lowest BCUT2D eigenvalue weighted by atomic mass is 10.2. The fourth-order valence-electron chi connectivity index (χ4n) is 1.83. The lowest BCUT2D eigenvalue weighted by Crippen LogP contribution is -2.31. The lowest BCUT2D eigenvalue weighted by Gasteiger charge is -2.07. The summed E-state index contributed by atoms with van der Waals surface area (Å²) in [5.74, 6) is 0.443. The van der Waals surface area contributed by atoms with Crippen molar-refractivity contribution in [3.8, 4) is 5.75 Å². The number of hydrazone groups is 1. The van der Waals surface area contributed by atoms with Crippen LogP contribution in [0.4, 0.5) is 0 Å². The minimum Gasteiger partial charge on any atom is -0.494 e. The first-order valence-electron chi connectivity index (χ1n) is 6.74. The van der Waals surface area contributed by atoms with E-state index in [-0.39, 0.29) is 0 Å². The molecule has 0 spiro atoms. The first-order chi connectivity index (χ1) is 11.1. The van der Waals surface area contributed by atoms with Crippen LogP contribution in [0, 0.1) is 0 Å². The summed E-state index contributed by atoms with van der Waals surface area (Å²) in [6.45, 7) is 0.627. The van der Waals surface area contributed by atoms with Gasteiger partial charge >= 0.3 is 0 Å². The number of nitrogens with one attached hydrogen (secondary N) is 2. The molecule has 120 valence electrons. The molecule has 7 heteroatoms. The Bertz CT molecular complexity index is 685. The third kappa shape index (κ3) is 5.39. The van der Waals surface area contributed by atoms with Gasteiger partial charge in [0.2, 0.25) is 0 Å². The van der Waals surface area contributed by atoms with Gasteiger partial charge in [-0.05, 0) is 35.5 Å². The molecule has 2 rings (SSSR count). The van der Waals surface area contributed by atoms with Gasteiger partial charge < -0.3 is 10.1 Å². The van der Waals surface area contributed by atoms with E-state index in [0.717, 1.165) is 11.1 Å². The Labute approximate surface area is 150 Å². The fraction of sp³-hybridized carbons (Fsp3) is 0.125. The van der Waals surface area contributed by atoms with E-state index in [4.69, 9.17) is 40.2 Å². The molecule has 4 nitrogen and oxygen atoms in total. The molecule has 0 aliphatic heterocycles. The highest BCUT2D eigenvalue weighted by atomic mass is 35.5. The highest BCUT2D eigenvalue weighted by molar-refractivity contribution is 7.80. The van der Waals surface area contributed by atoms with E-state index in [1.807, 2.05) is 30.3 Å². The average molecular weight is 368 g/mol. The predicted molar refractivity (Wildman–Crippen MR) is 99.6 cm³/mol. The van der Waals surface area contributed by atoms with Crippen molar-refractivity contribution in [1.29, 1.82) is 0 Å². The Morgan fingerprint density at radius 3 is 2.48 bits per heavy atom. The summed E-state index contributed by atoms with van der Waals surface area (Å²) in [5, 5.41) is 8.39. The van der Waals surface area contributed by atoms with Crippen molar-refractivity contribution in [2.24, 2.45) is 5.10 Å². The van der Waals surface area contributed by atoms with Crippen molar-refractivity contribution in [3.05, 3.63) is 63.6 Å². The van der Waals surface area contributed by atoms with Gasteiger partial charge in [-0.3, -0.25) is 5.43 Å². The molecule has 0 fully saturated rings. The van der Waals surface area contributed by atoms with Crippen LogP contribution in [-0.4, -0.2) is 18.4 Å². The Kier molecular flexibility index (Phi) is 6.65. The molecule has 2 N–H and O–H groups in total. The maximum absolute atomic E-state index is 6.06. The standard InChI is InChI=1S/C16H15Cl2N3OS/c1-22-15-13(17)7-12(8-14(15)18)10-20-21-16(23)19-9-11-5-3-2-4-6-11/h2-8,10H,9H2,1H3,(H2,19,21,23). The van der Waals surface area contributed by atoms with E-state index >= 15 is 0 Å². The molecule has 0 saturated heterocycles. The molecule has 0 amide bonds. The SMILES string of the molecule is COc1c(Cl)cc(C=NNC(=S)NCc2ccccc2)cc1Cl. The lowest BCUT2D eigenvalue weighted by molar-refractivity contribution is 0.415. The van der Waals surface area contributed by atoms with Crippen LogP contribution in [0.2, 0.25) is 10.0 Å². The summed E-state index contributed by atoms with van der Waals surface area (Å²) in [6.07, 6.45) is 1.58. The summed E-state index contributed by atoms with van der Waals surface area (Å²) < 4.78 is 5.09. The molecule has 0 unspecified atom stereocenters. The summed E-state index contributed by atoms with van der Waals surface area (Å²) in [5.41, 5.74) is 4.61. The number of halogens is 2. The van der Waals surface area contributed by atoms with Crippen molar-refractivity contribution >= 4 is 46.7 Å². The second-order valence-electron chi connectivity index (χ2n) is 4.56. The highest BCUT2D eigenvalue weighted by Gasteiger charge is 2.07. The number of methoxy groups -OCH3 is 1. The van der Waals surface area contributed by atoms with Crippen LogP contribution in [0.25, 0.3) is 0 Å². The molecular weight excluding hydrogens is 353 g/mol. The minimum absolute atomic E-state index is 0.422. The van der Waals surface area contributed by atoms with Gasteiger partial charge in [0.15, 0.2) is 10.9 Å². The first kappa shape index (κ1) is 17.5. The Hall–Kier alpha value is -1.82. The number of rotatable bonds is 5. The highest BCUT2D eigenvalue weighted by Crippen LogP contribution is 2.33. The van der Waals surface area contributed by atoms with Crippen molar-refractivity contribution in [2.75, 3.05) is 7.11 Å². The van der Waals surface area contributed by atoms with E-state index in [1.165, 1.54) is 7.11 Å². The number of hydrogen-bond acceptors (Lipinski definition) is 3. The van der Waals surface area contributed by atoms with Gasteiger partial charge in [-0.2, -0.15) is 5.10 Å². The van der Waals surface area contributed by atoms with Crippen LogP contribution in [0.5, 0.6) is 5.75 Å². The van der Waals surface area contributed by atoms with Gasteiger partial charge in [0.1, 0.15) is 0 Å². The molecule has 0 heterocycles. The normalized spacial score (nSPS) is 10.6. The van der Waals surface area contributed by atoms with E-state index in [9.17, 15) is 0 Å². The van der Waals surface area contributed by atoms with Crippen LogP contribution in [0.1, 0.15) is 11.1 Å². The van der Waals surface area contributed by atoms with E-state index in [2.05, 4.69) is 15.8 Å². The second kappa shape index (κ2) is 8.72. The average Bonchev–Trinajstić information content (AvgIpc) is 2.54. The molecule has 23 heavy (non-hydrogen) atoms. The zero-order chi connectivity index (χ0) is 16.7. The van der Waals surface area contributed by atoms with Crippen LogP contribution in [0.15, 0.2) is 47.6 Å². The van der Waals surface area contributed by atoms with E-state index < -0.39 is 0 Å². The molecule has 0 bridgehead atoms. The maximum Gasteiger partial charge on any atom is 0.187 e. The first-order valence-corrected chi connectivity index (χ1v) is 7.90. The number of benzene rings is 2. The zero-order valence-corrected chi connectivity index (χ0v) is 14.7. The van der Waals surface area contributed by atoms with Crippen LogP contribution in [0.3, 0.4) is 0 Å². The van der Waals surface area contributed by atoms with E-state index in [1.54, 1.807) is 18.3 Å². The van der Waals surface area contributed by atoms with Crippen molar-refractivity contribution in [1.82, 2.24) is 10.7 Å². The van der Waals surface area contributed by atoms with Crippen LogP contribution >= 0.6 is 35.4 Å².